The smallest absolute Gasteiger partial charge is 0.246 e. The fourth-order valence-electron chi connectivity index (χ4n) is 4.75. The highest BCUT2D eigenvalue weighted by atomic mass is 16.5. The van der Waals surface area contributed by atoms with Crippen molar-refractivity contribution in [2.45, 2.75) is 45.8 Å². The maximum atomic E-state index is 13.1. The van der Waals surface area contributed by atoms with Crippen LogP contribution >= 0.6 is 0 Å². The van der Waals surface area contributed by atoms with Gasteiger partial charge in [-0.3, -0.25) is 9.69 Å². The number of rotatable bonds is 4. The maximum Gasteiger partial charge on any atom is 0.246 e. The van der Waals surface area contributed by atoms with Crippen molar-refractivity contribution in [3.8, 4) is 0 Å². The van der Waals surface area contributed by atoms with Crippen molar-refractivity contribution >= 4 is 16.9 Å². The Labute approximate surface area is 169 Å². The summed E-state index contributed by atoms with van der Waals surface area (Å²) >= 11 is 0. The molecule has 0 unspecified atom stereocenters. The first-order valence-electron chi connectivity index (χ1n) is 10.3. The molecule has 2 bridgehead atoms. The Bertz CT molecular complexity index is 988. The van der Waals surface area contributed by atoms with Crippen LogP contribution in [0.4, 0.5) is 0 Å². The molecular formula is C21H26N6O2. The number of carbonyl (C=O) groups is 1. The van der Waals surface area contributed by atoms with Gasteiger partial charge in [0.2, 0.25) is 5.91 Å². The van der Waals surface area contributed by atoms with Crippen molar-refractivity contribution in [2.75, 3.05) is 19.6 Å². The standard InChI is InChI=1S/C21H26N6O2/c1-14-18(15(2)29-24-14)12-25-9-16-7-8-17(11-25)26(10-16)21(28)13-27-22-19-5-3-4-6-20(19)23-27/h3-6,16-17H,7-13H2,1-2H3/t16-,17+/m1/s1. The molecule has 0 N–H and O–H groups in total. The molecule has 5 heterocycles. The summed E-state index contributed by atoms with van der Waals surface area (Å²) in [6.07, 6.45) is 2.24. The Hall–Kier alpha value is -2.74. The van der Waals surface area contributed by atoms with Gasteiger partial charge in [0.15, 0.2) is 0 Å². The molecule has 3 aromatic rings. The molecule has 3 aliphatic heterocycles. The maximum absolute atomic E-state index is 13.1. The molecule has 1 amide bonds. The third-order valence-corrected chi connectivity index (χ3v) is 6.28. The number of amides is 1. The largest absolute Gasteiger partial charge is 0.361 e. The van der Waals surface area contributed by atoms with Gasteiger partial charge in [-0.25, -0.2) is 0 Å². The van der Waals surface area contributed by atoms with Crippen LogP contribution in [0.3, 0.4) is 0 Å². The van der Waals surface area contributed by atoms with Crippen LogP contribution in [0.25, 0.3) is 11.0 Å². The van der Waals surface area contributed by atoms with Crippen LogP contribution in [0.2, 0.25) is 0 Å². The number of aryl methyl sites for hydroxylation is 2. The number of fused-ring (bicyclic) bond motifs is 5. The molecule has 3 fully saturated rings. The van der Waals surface area contributed by atoms with Crippen LogP contribution in [0.5, 0.6) is 0 Å². The second-order valence-electron chi connectivity index (χ2n) is 8.36. The van der Waals surface area contributed by atoms with Gasteiger partial charge in [0.05, 0.1) is 5.69 Å². The van der Waals surface area contributed by atoms with Gasteiger partial charge < -0.3 is 9.42 Å². The first kappa shape index (κ1) is 18.3. The zero-order chi connectivity index (χ0) is 20.0. The third-order valence-electron chi connectivity index (χ3n) is 6.28. The number of hydrogen-bond acceptors (Lipinski definition) is 6. The van der Waals surface area contributed by atoms with Gasteiger partial charge in [0.25, 0.3) is 0 Å². The van der Waals surface area contributed by atoms with E-state index in [1.807, 2.05) is 38.1 Å². The third kappa shape index (κ3) is 3.53. The van der Waals surface area contributed by atoms with E-state index in [1.165, 1.54) is 16.8 Å². The zero-order valence-electron chi connectivity index (χ0n) is 16.9. The van der Waals surface area contributed by atoms with Crippen LogP contribution < -0.4 is 0 Å². The van der Waals surface area contributed by atoms with Crippen molar-refractivity contribution in [3.63, 3.8) is 0 Å². The highest BCUT2D eigenvalue weighted by molar-refractivity contribution is 5.77. The minimum absolute atomic E-state index is 0.110. The first-order chi connectivity index (χ1) is 14.1. The molecule has 2 atom stereocenters. The van der Waals surface area contributed by atoms with Crippen LogP contribution in [0.15, 0.2) is 28.8 Å². The summed E-state index contributed by atoms with van der Waals surface area (Å²) in [6.45, 7) is 7.72. The molecule has 8 heteroatoms. The Balaban J connectivity index is 1.29. The highest BCUT2D eigenvalue weighted by Crippen LogP contribution is 2.29. The summed E-state index contributed by atoms with van der Waals surface area (Å²) in [5, 5.41) is 13.0. The van der Waals surface area contributed by atoms with Gasteiger partial charge in [-0.2, -0.15) is 15.0 Å². The predicted molar refractivity (Wildman–Crippen MR) is 107 cm³/mol. The Morgan fingerprint density at radius 3 is 2.55 bits per heavy atom. The molecule has 3 aliphatic rings. The van der Waals surface area contributed by atoms with E-state index in [1.54, 1.807) is 0 Å². The number of piperidine rings is 1. The monoisotopic (exact) mass is 394 g/mol. The van der Waals surface area contributed by atoms with Gasteiger partial charge in [-0.05, 0) is 44.7 Å². The Kier molecular flexibility index (Phi) is 4.58. The molecule has 0 radical (unpaired) electrons. The minimum Gasteiger partial charge on any atom is -0.361 e. The van der Waals surface area contributed by atoms with E-state index in [4.69, 9.17) is 4.52 Å². The van der Waals surface area contributed by atoms with Gasteiger partial charge in [-0.15, -0.1) is 0 Å². The van der Waals surface area contributed by atoms with E-state index in [2.05, 4.69) is 25.2 Å². The molecule has 1 aromatic carbocycles. The van der Waals surface area contributed by atoms with E-state index in [9.17, 15) is 4.79 Å². The lowest BCUT2D eigenvalue weighted by molar-refractivity contribution is -0.136. The first-order valence-corrected chi connectivity index (χ1v) is 10.3. The second-order valence-corrected chi connectivity index (χ2v) is 8.36. The van der Waals surface area contributed by atoms with E-state index >= 15 is 0 Å². The molecule has 0 spiro atoms. The van der Waals surface area contributed by atoms with Crippen LogP contribution in [0.1, 0.15) is 29.9 Å². The quantitative estimate of drug-likeness (QED) is 0.675. The summed E-state index contributed by atoms with van der Waals surface area (Å²) < 4.78 is 5.33. The number of benzene rings is 1. The summed E-state index contributed by atoms with van der Waals surface area (Å²) in [5.74, 6) is 1.51. The molecule has 0 aliphatic carbocycles. The van der Waals surface area contributed by atoms with Crippen LogP contribution in [-0.2, 0) is 17.9 Å². The average Bonchev–Trinajstić information content (AvgIpc) is 3.11. The lowest BCUT2D eigenvalue weighted by Crippen LogP contribution is -2.48. The highest BCUT2D eigenvalue weighted by Gasteiger charge is 2.37. The minimum atomic E-state index is 0.110. The molecular weight excluding hydrogens is 368 g/mol. The Morgan fingerprint density at radius 1 is 1.10 bits per heavy atom. The van der Waals surface area contributed by atoms with Crippen molar-refractivity contribution in [1.29, 1.82) is 0 Å². The van der Waals surface area contributed by atoms with Crippen LogP contribution in [0, 0.1) is 19.8 Å². The van der Waals surface area contributed by atoms with E-state index < -0.39 is 0 Å². The second kappa shape index (κ2) is 7.26. The van der Waals surface area contributed by atoms with Crippen molar-refractivity contribution < 1.29 is 9.32 Å². The summed E-state index contributed by atoms with van der Waals surface area (Å²) in [4.78, 5) is 19.2. The van der Waals surface area contributed by atoms with Crippen molar-refractivity contribution in [1.82, 2.24) is 30.0 Å². The average molecular weight is 394 g/mol. The molecule has 2 aromatic heterocycles. The van der Waals surface area contributed by atoms with Gasteiger partial charge in [-0.1, -0.05) is 17.3 Å². The summed E-state index contributed by atoms with van der Waals surface area (Å²) in [6, 6.07) is 7.95. The number of aromatic nitrogens is 4. The van der Waals surface area contributed by atoms with Crippen molar-refractivity contribution in [2.24, 2.45) is 5.92 Å². The summed E-state index contributed by atoms with van der Waals surface area (Å²) in [5.41, 5.74) is 3.78. The Morgan fingerprint density at radius 2 is 1.86 bits per heavy atom. The van der Waals surface area contributed by atoms with E-state index in [0.29, 0.717) is 5.92 Å². The molecule has 6 rings (SSSR count). The number of nitrogens with zero attached hydrogens (tertiary/aromatic N) is 6. The fraction of sp³-hybridized carbons (Fsp3) is 0.524. The lowest BCUT2D eigenvalue weighted by atomic mass is 9.95. The normalized spacial score (nSPS) is 22.3. The van der Waals surface area contributed by atoms with Crippen LogP contribution in [-0.4, -0.2) is 61.5 Å². The molecule has 8 nitrogen and oxygen atoms in total. The van der Waals surface area contributed by atoms with E-state index in [0.717, 1.165) is 55.1 Å². The fourth-order valence-corrected chi connectivity index (χ4v) is 4.75. The molecule has 0 saturated carbocycles. The summed E-state index contributed by atoms with van der Waals surface area (Å²) in [7, 11) is 0. The molecule has 29 heavy (non-hydrogen) atoms. The molecule has 152 valence electrons. The van der Waals surface area contributed by atoms with Gasteiger partial charge >= 0.3 is 0 Å². The SMILES string of the molecule is Cc1noc(C)c1CN1C[C@H]2CC[C@@H](C1)N(C(=O)Cn1nc3ccccc3n1)C2. The zero-order valence-corrected chi connectivity index (χ0v) is 16.9. The molecule has 3 saturated heterocycles. The van der Waals surface area contributed by atoms with Gasteiger partial charge in [0, 0.05) is 37.8 Å². The number of carbonyl (C=O) groups excluding carboxylic acids is 1. The number of hydrogen-bond donors (Lipinski definition) is 0. The van der Waals surface area contributed by atoms with E-state index in [-0.39, 0.29) is 18.5 Å². The van der Waals surface area contributed by atoms with Gasteiger partial charge in [0.1, 0.15) is 23.3 Å². The topological polar surface area (TPSA) is 80.3 Å². The lowest BCUT2D eigenvalue weighted by Gasteiger charge is -2.36. The predicted octanol–water partition coefficient (Wildman–Crippen LogP) is 2.16. The van der Waals surface area contributed by atoms with Crippen molar-refractivity contribution in [3.05, 3.63) is 41.3 Å².